The van der Waals surface area contributed by atoms with Crippen LogP contribution in [0.4, 0.5) is 8.78 Å². The number of hydrogen-bond acceptors (Lipinski definition) is 5. The van der Waals surface area contributed by atoms with Crippen LogP contribution in [0.1, 0.15) is 19.3 Å². The molecule has 2 heterocycles. The highest BCUT2D eigenvalue weighted by Gasteiger charge is 2.38. The third kappa shape index (κ3) is 4.00. The molecule has 0 atom stereocenters. The monoisotopic (exact) mass is 299 g/mol. The van der Waals surface area contributed by atoms with Crippen LogP contribution in [0.2, 0.25) is 0 Å². The molecule has 0 saturated carbocycles. The van der Waals surface area contributed by atoms with Crippen molar-refractivity contribution in [2.45, 2.75) is 25.2 Å². The molecule has 0 aromatic carbocycles. The van der Waals surface area contributed by atoms with Crippen LogP contribution in [-0.2, 0) is 0 Å². The predicted molar refractivity (Wildman–Crippen MR) is 79.1 cm³/mol. The average Bonchev–Trinajstić information content (AvgIpc) is 2.80. The molecule has 0 spiro atoms. The Morgan fingerprint density at radius 3 is 2.33 bits per heavy atom. The molecule has 0 bridgehead atoms. The van der Waals surface area contributed by atoms with Crippen molar-refractivity contribution in [1.29, 1.82) is 10.8 Å². The van der Waals surface area contributed by atoms with E-state index in [0.717, 1.165) is 38.7 Å². The first-order valence-corrected chi connectivity index (χ1v) is 7.31. The fraction of sp³-hybridized carbons (Fsp3) is 0.714. The molecule has 7 heteroatoms. The lowest BCUT2D eigenvalue weighted by atomic mass is 9.95. The van der Waals surface area contributed by atoms with Crippen molar-refractivity contribution in [3.63, 3.8) is 0 Å². The maximum Gasteiger partial charge on any atom is 0.261 e. The predicted octanol–water partition coefficient (Wildman–Crippen LogP) is 1.51. The molecule has 0 unspecified atom stereocenters. The van der Waals surface area contributed by atoms with Crippen molar-refractivity contribution in [2.24, 2.45) is 11.7 Å². The highest BCUT2D eigenvalue weighted by Crippen LogP contribution is 2.29. The highest BCUT2D eigenvalue weighted by atomic mass is 19.3. The van der Waals surface area contributed by atoms with E-state index < -0.39 is 5.92 Å². The molecular formula is C14H23F2N5. The van der Waals surface area contributed by atoms with Crippen LogP contribution in [0.5, 0.6) is 0 Å². The number of piperidine rings is 1. The van der Waals surface area contributed by atoms with Crippen molar-refractivity contribution >= 4 is 12.4 Å². The number of allylic oxidation sites excluding steroid dienone is 2. The minimum atomic E-state index is -2.52. The fourth-order valence-corrected chi connectivity index (χ4v) is 3.12. The second kappa shape index (κ2) is 6.51. The van der Waals surface area contributed by atoms with E-state index in [1.165, 1.54) is 6.21 Å². The standard InChI is InChI=1S/C14H23F2N5/c15-14(16)3-6-20(10-14)9-11-1-4-21(5-2-11)13(8-18)12(19)7-17/h7-8,11,17-18H,1-6,9-10,19H2/b13-12-,17-7?,18-8?. The molecule has 0 radical (unpaired) electrons. The molecule has 2 rings (SSSR count). The summed E-state index contributed by atoms with van der Waals surface area (Å²) < 4.78 is 26.3. The number of nitrogens with zero attached hydrogens (tertiary/aromatic N) is 2. The molecular weight excluding hydrogens is 276 g/mol. The lowest BCUT2D eigenvalue weighted by Gasteiger charge is -2.35. The van der Waals surface area contributed by atoms with Crippen LogP contribution < -0.4 is 5.73 Å². The normalized spacial score (nSPS) is 24.8. The van der Waals surface area contributed by atoms with Gasteiger partial charge in [0.25, 0.3) is 5.92 Å². The Hall–Kier alpha value is -1.50. The van der Waals surface area contributed by atoms with E-state index in [0.29, 0.717) is 23.9 Å². The second-order valence-electron chi connectivity index (χ2n) is 5.90. The van der Waals surface area contributed by atoms with Crippen LogP contribution in [-0.4, -0.2) is 60.9 Å². The highest BCUT2D eigenvalue weighted by molar-refractivity contribution is 5.87. The summed E-state index contributed by atoms with van der Waals surface area (Å²) in [7, 11) is 0. The topological polar surface area (TPSA) is 80.2 Å². The number of hydrogen-bond donors (Lipinski definition) is 3. The average molecular weight is 299 g/mol. The van der Waals surface area contributed by atoms with Crippen molar-refractivity contribution in [2.75, 3.05) is 32.7 Å². The van der Waals surface area contributed by atoms with E-state index in [1.807, 2.05) is 9.80 Å². The number of likely N-dealkylation sites (tertiary alicyclic amines) is 2. The molecule has 5 nitrogen and oxygen atoms in total. The quantitative estimate of drug-likeness (QED) is 0.673. The van der Waals surface area contributed by atoms with Crippen LogP contribution in [0.3, 0.4) is 0 Å². The summed E-state index contributed by atoms with van der Waals surface area (Å²) in [5, 5.41) is 14.6. The van der Waals surface area contributed by atoms with Crippen LogP contribution >= 0.6 is 0 Å². The molecule has 2 aliphatic rings. The Morgan fingerprint density at radius 1 is 1.19 bits per heavy atom. The van der Waals surface area contributed by atoms with Gasteiger partial charge in [-0.2, -0.15) is 0 Å². The van der Waals surface area contributed by atoms with Gasteiger partial charge >= 0.3 is 0 Å². The van der Waals surface area contributed by atoms with E-state index in [-0.39, 0.29) is 13.0 Å². The van der Waals surface area contributed by atoms with Gasteiger partial charge in [-0.3, -0.25) is 4.90 Å². The van der Waals surface area contributed by atoms with Gasteiger partial charge in [0.1, 0.15) is 0 Å². The lowest BCUT2D eigenvalue weighted by molar-refractivity contribution is 0.00994. The van der Waals surface area contributed by atoms with Gasteiger partial charge in [0.2, 0.25) is 0 Å². The van der Waals surface area contributed by atoms with Gasteiger partial charge in [-0.1, -0.05) is 0 Å². The van der Waals surface area contributed by atoms with Crippen LogP contribution in [0.25, 0.3) is 0 Å². The molecule has 2 aliphatic heterocycles. The molecule has 4 N–H and O–H groups in total. The van der Waals surface area contributed by atoms with Gasteiger partial charge in [-0.15, -0.1) is 0 Å². The summed E-state index contributed by atoms with van der Waals surface area (Å²) in [5.41, 5.74) is 6.58. The summed E-state index contributed by atoms with van der Waals surface area (Å²) in [4.78, 5) is 3.86. The first-order valence-electron chi connectivity index (χ1n) is 7.31. The van der Waals surface area contributed by atoms with E-state index in [9.17, 15) is 8.78 Å². The zero-order valence-electron chi connectivity index (χ0n) is 12.1. The van der Waals surface area contributed by atoms with Crippen molar-refractivity contribution in [3.05, 3.63) is 11.4 Å². The molecule has 21 heavy (non-hydrogen) atoms. The SMILES string of the molecule is N=C/C(N)=C(\C=N)N1CCC(CN2CCC(F)(F)C2)CC1. The van der Waals surface area contributed by atoms with Crippen molar-refractivity contribution in [3.8, 4) is 0 Å². The summed E-state index contributed by atoms with van der Waals surface area (Å²) in [6.45, 7) is 2.62. The Kier molecular flexibility index (Phi) is 4.92. The summed E-state index contributed by atoms with van der Waals surface area (Å²) in [5.74, 6) is -2.10. The van der Waals surface area contributed by atoms with Gasteiger partial charge in [-0.05, 0) is 18.8 Å². The largest absolute Gasteiger partial charge is 0.396 e. The number of halogens is 2. The van der Waals surface area contributed by atoms with E-state index in [1.54, 1.807) is 0 Å². The third-order valence-electron chi connectivity index (χ3n) is 4.31. The van der Waals surface area contributed by atoms with Gasteiger partial charge < -0.3 is 21.5 Å². The van der Waals surface area contributed by atoms with Crippen molar-refractivity contribution < 1.29 is 8.78 Å². The zero-order valence-corrected chi connectivity index (χ0v) is 12.1. The van der Waals surface area contributed by atoms with Gasteiger partial charge in [-0.25, -0.2) is 8.78 Å². The van der Waals surface area contributed by atoms with Gasteiger partial charge in [0.15, 0.2) is 0 Å². The number of nitrogens with two attached hydrogens (primary N) is 1. The van der Waals surface area contributed by atoms with E-state index in [2.05, 4.69) is 0 Å². The molecule has 0 aromatic rings. The van der Waals surface area contributed by atoms with E-state index >= 15 is 0 Å². The zero-order chi connectivity index (χ0) is 15.5. The Bertz CT molecular complexity index is 427. The molecule has 118 valence electrons. The van der Waals surface area contributed by atoms with Crippen LogP contribution in [0, 0.1) is 16.7 Å². The smallest absolute Gasteiger partial charge is 0.261 e. The van der Waals surface area contributed by atoms with E-state index in [4.69, 9.17) is 16.6 Å². The Morgan fingerprint density at radius 2 is 1.86 bits per heavy atom. The molecule has 2 fully saturated rings. The third-order valence-corrected chi connectivity index (χ3v) is 4.31. The maximum atomic E-state index is 13.2. The van der Waals surface area contributed by atoms with Gasteiger partial charge in [0.05, 0.1) is 17.9 Å². The second-order valence-corrected chi connectivity index (χ2v) is 5.90. The maximum absolute atomic E-state index is 13.2. The first-order chi connectivity index (χ1) is 9.95. The number of alkyl halides is 2. The Balaban J connectivity index is 1.84. The first kappa shape index (κ1) is 15.9. The summed E-state index contributed by atoms with van der Waals surface area (Å²) >= 11 is 0. The van der Waals surface area contributed by atoms with Crippen LogP contribution in [0.15, 0.2) is 11.4 Å². The Labute approximate surface area is 123 Å². The molecule has 0 aliphatic carbocycles. The number of rotatable bonds is 5. The molecule has 0 aromatic heterocycles. The summed E-state index contributed by atoms with van der Waals surface area (Å²) in [6.07, 6.45) is 4.03. The number of nitrogens with one attached hydrogen (secondary N) is 2. The lowest BCUT2D eigenvalue weighted by Crippen LogP contribution is -2.39. The minimum Gasteiger partial charge on any atom is -0.396 e. The fourth-order valence-electron chi connectivity index (χ4n) is 3.12. The molecule has 2 saturated heterocycles. The summed E-state index contributed by atoms with van der Waals surface area (Å²) in [6, 6.07) is 0. The van der Waals surface area contributed by atoms with Gasteiger partial charge in [0, 0.05) is 45.0 Å². The molecule has 0 amide bonds. The minimum absolute atomic E-state index is 0.0254. The van der Waals surface area contributed by atoms with Crippen molar-refractivity contribution in [1.82, 2.24) is 9.80 Å².